The second-order valence-electron chi connectivity index (χ2n) is 4.16. The van der Waals surface area contributed by atoms with Crippen LogP contribution in [0, 0.1) is 5.82 Å². The molecule has 0 atom stereocenters. The Morgan fingerprint density at radius 1 is 1.10 bits per heavy atom. The normalized spacial score (nSPS) is 10.3. The van der Waals surface area contributed by atoms with Crippen LogP contribution in [0.2, 0.25) is 0 Å². The Balaban J connectivity index is 2.12. The smallest absolute Gasteiger partial charge is 0.134 e. The molecule has 2 rings (SSSR count). The van der Waals surface area contributed by atoms with Crippen LogP contribution in [0.5, 0.6) is 11.5 Å². The molecule has 0 saturated carbocycles. The van der Waals surface area contributed by atoms with E-state index in [1.54, 1.807) is 31.4 Å². The molecular formula is C15H16FNO2S. The number of rotatable bonds is 5. The number of nitrogens with two attached hydrogens (primary N) is 1. The standard InChI is InChI=1S/C15H16FNO2S/c1-18-12-5-3-10(13(16)8-12)9-20-15-6-4-11(17)7-14(15)19-2/h3-8H,9,17H2,1-2H3. The molecule has 0 fully saturated rings. The first-order valence-corrected chi connectivity index (χ1v) is 7.01. The summed E-state index contributed by atoms with van der Waals surface area (Å²) in [7, 11) is 3.11. The summed E-state index contributed by atoms with van der Waals surface area (Å²) in [6, 6.07) is 10.3. The Morgan fingerprint density at radius 3 is 2.55 bits per heavy atom. The van der Waals surface area contributed by atoms with Crippen LogP contribution in [0.15, 0.2) is 41.3 Å². The molecule has 0 aliphatic heterocycles. The van der Waals surface area contributed by atoms with Crippen molar-refractivity contribution in [2.45, 2.75) is 10.6 Å². The SMILES string of the molecule is COc1ccc(CSc2ccc(N)cc2OC)c(F)c1. The van der Waals surface area contributed by atoms with E-state index in [9.17, 15) is 4.39 Å². The van der Waals surface area contributed by atoms with Gasteiger partial charge in [0.15, 0.2) is 0 Å². The molecule has 3 nitrogen and oxygen atoms in total. The Kier molecular flexibility index (Phi) is 4.74. The van der Waals surface area contributed by atoms with Gasteiger partial charge >= 0.3 is 0 Å². The second kappa shape index (κ2) is 6.52. The predicted octanol–water partition coefficient (Wildman–Crippen LogP) is 3.72. The quantitative estimate of drug-likeness (QED) is 0.674. The van der Waals surface area contributed by atoms with Crippen LogP contribution in [-0.2, 0) is 5.75 Å². The number of hydrogen-bond donors (Lipinski definition) is 1. The molecule has 106 valence electrons. The zero-order valence-electron chi connectivity index (χ0n) is 11.4. The van der Waals surface area contributed by atoms with Crippen molar-refractivity contribution in [3.63, 3.8) is 0 Å². The van der Waals surface area contributed by atoms with Crippen molar-refractivity contribution in [3.05, 3.63) is 47.8 Å². The Morgan fingerprint density at radius 2 is 1.90 bits per heavy atom. The molecule has 0 amide bonds. The summed E-state index contributed by atoms with van der Waals surface area (Å²) in [5, 5.41) is 0. The molecule has 2 aromatic carbocycles. The lowest BCUT2D eigenvalue weighted by Gasteiger charge is -2.10. The zero-order valence-corrected chi connectivity index (χ0v) is 12.2. The summed E-state index contributed by atoms with van der Waals surface area (Å²) in [5.74, 6) is 1.45. The number of thioether (sulfide) groups is 1. The van der Waals surface area contributed by atoms with Crippen LogP contribution in [0.4, 0.5) is 10.1 Å². The fourth-order valence-corrected chi connectivity index (χ4v) is 2.72. The number of anilines is 1. The Labute approximate surface area is 121 Å². The highest BCUT2D eigenvalue weighted by Crippen LogP contribution is 2.33. The third kappa shape index (κ3) is 3.36. The van der Waals surface area contributed by atoms with E-state index in [1.165, 1.54) is 24.9 Å². The van der Waals surface area contributed by atoms with Crippen LogP contribution in [-0.4, -0.2) is 14.2 Å². The van der Waals surface area contributed by atoms with E-state index in [0.717, 1.165) is 4.90 Å². The minimum Gasteiger partial charge on any atom is -0.497 e. The summed E-state index contributed by atoms with van der Waals surface area (Å²) < 4.78 is 24.1. The molecule has 0 aromatic heterocycles. The minimum atomic E-state index is -0.272. The number of hydrogen-bond acceptors (Lipinski definition) is 4. The zero-order chi connectivity index (χ0) is 14.5. The van der Waals surface area contributed by atoms with E-state index >= 15 is 0 Å². The summed E-state index contributed by atoms with van der Waals surface area (Å²) in [6.07, 6.45) is 0. The van der Waals surface area contributed by atoms with Crippen LogP contribution in [0.25, 0.3) is 0 Å². The lowest BCUT2D eigenvalue weighted by atomic mass is 10.2. The van der Waals surface area contributed by atoms with E-state index in [4.69, 9.17) is 15.2 Å². The summed E-state index contributed by atoms with van der Waals surface area (Å²) in [6.45, 7) is 0. The van der Waals surface area contributed by atoms with Crippen molar-refractivity contribution in [2.24, 2.45) is 0 Å². The van der Waals surface area contributed by atoms with Gasteiger partial charge in [-0.25, -0.2) is 4.39 Å². The van der Waals surface area contributed by atoms with Crippen molar-refractivity contribution >= 4 is 17.4 Å². The molecule has 0 radical (unpaired) electrons. The van der Waals surface area contributed by atoms with Crippen molar-refractivity contribution < 1.29 is 13.9 Å². The summed E-state index contributed by atoms with van der Waals surface area (Å²) in [4.78, 5) is 0.928. The van der Waals surface area contributed by atoms with Gasteiger partial charge in [0.25, 0.3) is 0 Å². The van der Waals surface area contributed by atoms with Gasteiger partial charge in [0.2, 0.25) is 0 Å². The number of ether oxygens (including phenoxy) is 2. The lowest BCUT2D eigenvalue weighted by molar-refractivity contribution is 0.405. The van der Waals surface area contributed by atoms with Gasteiger partial charge in [0.1, 0.15) is 17.3 Å². The van der Waals surface area contributed by atoms with Crippen LogP contribution in [0.3, 0.4) is 0 Å². The van der Waals surface area contributed by atoms with E-state index < -0.39 is 0 Å². The molecule has 0 aliphatic rings. The first-order valence-electron chi connectivity index (χ1n) is 6.02. The summed E-state index contributed by atoms with van der Waals surface area (Å²) >= 11 is 1.50. The largest absolute Gasteiger partial charge is 0.497 e. The minimum absolute atomic E-state index is 0.272. The summed E-state index contributed by atoms with van der Waals surface area (Å²) in [5.41, 5.74) is 6.96. The number of halogens is 1. The van der Waals surface area contributed by atoms with Gasteiger partial charge in [0, 0.05) is 28.5 Å². The Bertz CT molecular complexity index is 604. The van der Waals surface area contributed by atoms with Gasteiger partial charge in [-0.05, 0) is 23.8 Å². The topological polar surface area (TPSA) is 44.5 Å². The molecule has 20 heavy (non-hydrogen) atoms. The molecule has 2 aromatic rings. The first kappa shape index (κ1) is 14.5. The first-order chi connectivity index (χ1) is 9.63. The van der Waals surface area contributed by atoms with Gasteiger partial charge in [-0.2, -0.15) is 0 Å². The maximum atomic E-state index is 13.8. The monoisotopic (exact) mass is 293 g/mol. The molecule has 5 heteroatoms. The van der Waals surface area contributed by atoms with Crippen molar-refractivity contribution in [1.29, 1.82) is 0 Å². The highest BCUT2D eigenvalue weighted by molar-refractivity contribution is 7.98. The molecule has 0 heterocycles. The van der Waals surface area contributed by atoms with Crippen molar-refractivity contribution in [2.75, 3.05) is 20.0 Å². The van der Waals surface area contributed by atoms with E-state index in [-0.39, 0.29) is 5.82 Å². The lowest BCUT2D eigenvalue weighted by Crippen LogP contribution is -1.93. The fraction of sp³-hybridized carbons (Fsp3) is 0.200. The molecular weight excluding hydrogens is 277 g/mol. The molecule has 0 unspecified atom stereocenters. The van der Waals surface area contributed by atoms with E-state index in [1.807, 2.05) is 6.07 Å². The Hall–Kier alpha value is -1.88. The number of nitrogen functional groups attached to an aromatic ring is 1. The van der Waals surface area contributed by atoms with Gasteiger partial charge < -0.3 is 15.2 Å². The molecule has 0 bridgehead atoms. The molecule has 0 aliphatic carbocycles. The van der Waals surface area contributed by atoms with E-state index in [0.29, 0.717) is 28.5 Å². The fourth-order valence-electron chi connectivity index (χ4n) is 1.73. The third-order valence-electron chi connectivity index (χ3n) is 2.83. The van der Waals surface area contributed by atoms with Crippen LogP contribution in [0.1, 0.15) is 5.56 Å². The predicted molar refractivity (Wildman–Crippen MR) is 79.9 cm³/mol. The van der Waals surface area contributed by atoms with Gasteiger partial charge in [0.05, 0.1) is 14.2 Å². The average molecular weight is 293 g/mol. The van der Waals surface area contributed by atoms with Gasteiger partial charge in [-0.1, -0.05) is 6.07 Å². The number of methoxy groups -OCH3 is 2. The van der Waals surface area contributed by atoms with E-state index in [2.05, 4.69) is 0 Å². The number of benzene rings is 2. The average Bonchev–Trinajstić information content (AvgIpc) is 2.46. The highest BCUT2D eigenvalue weighted by Gasteiger charge is 2.08. The maximum absolute atomic E-state index is 13.8. The second-order valence-corrected chi connectivity index (χ2v) is 5.17. The van der Waals surface area contributed by atoms with Gasteiger partial charge in [-0.15, -0.1) is 11.8 Å². The highest BCUT2D eigenvalue weighted by atomic mass is 32.2. The maximum Gasteiger partial charge on any atom is 0.134 e. The third-order valence-corrected chi connectivity index (χ3v) is 3.93. The van der Waals surface area contributed by atoms with Crippen molar-refractivity contribution in [1.82, 2.24) is 0 Å². The van der Waals surface area contributed by atoms with Crippen LogP contribution >= 0.6 is 11.8 Å². The van der Waals surface area contributed by atoms with Crippen molar-refractivity contribution in [3.8, 4) is 11.5 Å². The molecule has 0 spiro atoms. The molecule has 0 saturated heterocycles. The van der Waals surface area contributed by atoms with Gasteiger partial charge in [-0.3, -0.25) is 0 Å². The van der Waals surface area contributed by atoms with Crippen LogP contribution < -0.4 is 15.2 Å². The molecule has 2 N–H and O–H groups in total.